The van der Waals surface area contributed by atoms with Gasteiger partial charge in [0.2, 0.25) is 0 Å². The van der Waals surface area contributed by atoms with E-state index in [-0.39, 0.29) is 18.2 Å². The Morgan fingerprint density at radius 3 is 2.89 bits per heavy atom. The van der Waals surface area contributed by atoms with E-state index >= 15 is 0 Å². The van der Waals surface area contributed by atoms with Crippen LogP contribution in [0.15, 0.2) is 54.9 Å². The molecule has 0 spiro atoms. The number of nitrogens with one attached hydrogen (secondary N) is 1. The van der Waals surface area contributed by atoms with Crippen molar-refractivity contribution < 1.29 is 14.6 Å². The molecular weight excluding hydrogens is 366 g/mol. The lowest BCUT2D eigenvalue weighted by atomic mass is 9.95. The van der Waals surface area contributed by atoms with Gasteiger partial charge in [0, 0.05) is 11.6 Å². The van der Waals surface area contributed by atoms with Gasteiger partial charge in [0.25, 0.3) is 0 Å². The Bertz CT molecular complexity index is 962. The second-order valence-corrected chi connectivity index (χ2v) is 7.40. The quantitative estimate of drug-likeness (QED) is 0.722. The summed E-state index contributed by atoms with van der Waals surface area (Å²) in [4.78, 5) is 4.44. The average molecular weight is 386 g/mol. The van der Waals surface area contributed by atoms with Gasteiger partial charge < -0.3 is 24.5 Å². The number of imidazole rings is 1. The third kappa shape index (κ3) is 2.94. The fourth-order valence-electron chi connectivity index (χ4n) is 4.03. The van der Waals surface area contributed by atoms with Crippen molar-refractivity contribution in [2.75, 3.05) is 6.61 Å². The highest BCUT2D eigenvalue weighted by Crippen LogP contribution is 2.37. The zero-order chi connectivity index (χ0) is 18.4. The van der Waals surface area contributed by atoms with Crippen LogP contribution in [-0.4, -0.2) is 45.8 Å². The molecule has 0 amide bonds. The van der Waals surface area contributed by atoms with E-state index in [1.54, 1.807) is 6.33 Å². The van der Waals surface area contributed by atoms with Crippen LogP contribution in [-0.2, 0) is 16.0 Å². The molecule has 2 aliphatic heterocycles. The number of benzene rings is 2. The Balaban J connectivity index is 1.43. The van der Waals surface area contributed by atoms with E-state index in [1.807, 2.05) is 53.1 Å². The molecule has 3 aromatic rings. The number of aliphatic hydroxyl groups excluding tert-OH is 1. The normalized spacial score (nSPS) is 30.1. The molecule has 1 aromatic heterocycles. The van der Waals surface area contributed by atoms with Crippen molar-refractivity contribution in [3.63, 3.8) is 0 Å². The first kappa shape index (κ1) is 17.2. The number of fused-ring (bicyclic) bond motifs is 3. The summed E-state index contributed by atoms with van der Waals surface area (Å²) in [5.74, 6) is 0. The van der Waals surface area contributed by atoms with E-state index < -0.39 is 12.4 Å². The van der Waals surface area contributed by atoms with Crippen molar-refractivity contribution in [2.24, 2.45) is 0 Å². The second-order valence-electron chi connectivity index (χ2n) is 7.00. The Labute approximate surface area is 161 Å². The number of para-hydroxylation sites is 2. The van der Waals surface area contributed by atoms with Gasteiger partial charge in [-0.25, -0.2) is 4.98 Å². The first-order chi connectivity index (χ1) is 13.2. The Kier molecular flexibility index (Phi) is 4.38. The fourth-order valence-corrected chi connectivity index (χ4v) is 4.24. The molecule has 2 N–H and O–H groups in total. The lowest BCUT2D eigenvalue weighted by molar-refractivity contribution is -0.164. The predicted molar refractivity (Wildman–Crippen MR) is 101 cm³/mol. The van der Waals surface area contributed by atoms with Gasteiger partial charge in [0.05, 0.1) is 36.1 Å². The highest BCUT2D eigenvalue weighted by molar-refractivity contribution is 6.31. The molecule has 2 aliphatic rings. The summed E-state index contributed by atoms with van der Waals surface area (Å²) >= 11 is 6.26. The lowest BCUT2D eigenvalue weighted by Gasteiger charge is -2.39. The maximum absolute atomic E-state index is 11.2. The van der Waals surface area contributed by atoms with Crippen molar-refractivity contribution in [2.45, 2.75) is 37.1 Å². The van der Waals surface area contributed by atoms with Gasteiger partial charge in [-0.15, -0.1) is 0 Å². The molecule has 7 heteroatoms. The van der Waals surface area contributed by atoms with E-state index in [4.69, 9.17) is 21.1 Å². The zero-order valence-corrected chi connectivity index (χ0v) is 15.3. The largest absolute Gasteiger partial charge is 0.389 e. The van der Waals surface area contributed by atoms with Crippen LogP contribution in [0.3, 0.4) is 0 Å². The summed E-state index contributed by atoms with van der Waals surface area (Å²) in [6.45, 7) is 0.994. The maximum atomic E-state index is 11.2. The molecule has 2 fully saturated rings. The molecule has 2 saturated heterocycles. The SMILES string of the molecule is OC1C(NCc2ccccc2Cl)C2COC(O2)C1n1cnc2ccccc21. The highest BCUT2D eigenvalue weighted by Gasteiger charge is 2.51. The van der Waals surface area contributed by atoms with E-state index in [9.17, 15) is 5.11 Å². The molecule has 5 unspecified atom stereocenters. The molecule has 0 aliphatic carbocycles. The molecule has 0 saturated carbocycles. The molecule has 140 valence electrons. The lowest BCUT2D eigenvalue weighted by Crippen LogP contribution is -2.57. The number of aliphatic hydroxyl groups is 1. The van der Waals surface area contributed by atoms with E-state index in [0.717, 1.165) is 16.6 Å². The zero-order valence-electron chi connectivity index (χ0n) is 14.5. The summed E-state index contributed by atoms with van der Waals surface area (Å²) in [6.07, 6.45) is 0.380. The molecular formula is C20H20ClN3O3. The van der Waals surface area contributed by atoms with E-state index in [0.29, 0.717) is 18.2 Å². The van der Waals surface area contributed by atoms with Crippen LogP contribution in [0, 0.1) is 0 Å². The van der Waals surface area contributed by atoms with Crippen molar-refractivity contribution in [3.05, 3.63) is 65.4 Å². The summed E-state index contributed by atoms with van der Waals surface area (Å²) in [6, 6.07) is 14.9. The molecule has 2 aromatic carbocycles. The second kappa shape index (κ2) is 6.89. The van der Waals surface area contributed by atoms with Gasteiger partial charge in [-0.2, -0.15) is 0 Å². The average Bonchev–Trinajstić information content (AvgIpc) is 3.30. The number of hydrogen-bond donors (Lipinski definition) is 2. The fraction of sp³-hybridized carbons (Fsp3) is 0.350. The minimum Gasteiger partial charge on any atom is -0.389 e. The summed E-state index contributed by atoms with van der Waals surface area (Å²) in [5, 5.41) is 15.3. The van der Waals surface area contributed by atoms with Gasteiger partial charge in [0.1, 0.15) is 12.1 Å². The maximum Gasteiger partial charge on any atom is 0.181 e. The van der Waals surface area contributed by atoms with Crippen LogP contribution in [0.1, 0.15) is 11.6 Å². The summed E-state index contributed by atoms with van der Waals surface area (Å²) in [7, 11) is 0. The Morgan fingerprint density at radius 1 is 1.19 bits per heavy atom. The topological polar surface area (TPSA) is 68.5 Å². The van der Waals surface area contributed by atoms with Crippen molar-refractivity contribution >= 4 is 22.6 Å². The number of rotatable bonds is 4. The van der Waals surface area contributed by atoms with Gasteiger partial charge in [-0.1, -0.05) is 41.9 Å². The van der Waals surface area contributed by atoms with Gasteiger partial charge in [0.15, 0.2) is 6.29 Å². The number of halogens is 1. The van der Waals surface area contributed by atoms with Crippen LogP contribution in [0.5, 0.6) is 0 Å². The molecule has 6 nitrogen and oxygen atoms in total. The number of hydrogen-bond acceptors (Lipinski definition) is 5. The van der Waals surface area contributed by atoms with E-state index in [2.05, 4.69) is 10.3 Å². The summed E-state index contributed by atoms with van der Waals surface area (Å²) < 4.78 is 13.9. The molecule has 5 rings (SSSR count). The van der Waals surface area contributed by atoms with Crippen LogP contribution in [0.2, 0.25) is 5.02 Å². The molecule has 3 heterocycles. The van der Waals surface area contributed by atoms with Crippen molar-refractivity contribution in [1.29, 1.82) is 0 Å². The highest BCUT2D eigenvalue weighted by atomic mass is 35.5. The smallest absolute Gasteiger partial charge is 0.181 e. The monoisotopic (exact) mass is 385 g/mol. The minimum atomic E-state index is -0.684. The standard InChI is InChI=1S/C20H20ClN3O3/c21-13-6-2-1-5-12(13)9-22-17-16-10-26-20(27-16)18(19(17)25)24-11-23-14-7-3-4-8-15(14)24/h1-8,11,16-20,22,25H,9-10H2. The summed E-state index contributed by atoms with van der Waals surface area (Å²) in [5.41, 5.74) is 2.81. The number of nitrogens with zero attached hydrogens (tertiary/aromatic N) is 2. The third-order valence-electron chi connectivity index (χ3n) is 5.42. The van der Waals surface area contributed by atoms with Crippen LogP contribution >= 0.6 is 11.6 Å². The Morgan fingerprint density at radius 2 is 2.00 bits per heavy atom. The first-order valence-corrected chi connectivity index (χ1v) is 9.43. The number of aromatic nitrogens is 2. The van der Waals surface area contributed by atoms with Gasteiger partial charge >= 0.3 is 0 Å². The third-order valence-corrected chi connectivity index (χ3v) is 5.79. The van der Waals surface area contributed by atoms with Crippen LogP contribution in [0.25, 0.3) is 11.0 Å². The Hall–Kier alpha value is -1.96. The van der Waals surface area contributed by atoms with Crippen LogP contribution in [0.4, 0.5) is 0 Å². The molecule has 5 atom stereocenters. The molecule has 27 heavy (non-hydrogen) atoms. The molecule has 2 bridgehead atoms. The van der Waals surface area contributed by atoms with E-state index in [1.165, 1.54) is 0 Å². The van der Waals surface area contributed by atoms with Crippen molar-refractivity contribution in [1.82, 2.24) is 14.9 Å². The molecule has 0 radical (unpaired) electrons. The predicted octanol–water partition coefficient (Wildman–Crippen LogP) is 2.51. The van der Waals surface area contributed by atoms with Crippen LogP contribution < -0.4 is 5.32 Å². The van der Waals surface area contributed by atoms with Gasteiger partial charge in [-0.05, 0) is 23.8 Å². The minimum absolute atomic E-state index is 0.196. The van der Waals surface area contributed by atoms with Gasteiger partial charge in [-0.3, -0.25) is 0 Å². The number of ether oxygens (including phenoxy) is 2. The van der Waals surface area contributed by atoms with Crippen molar-refractivity contribution in [3.8, 4) is 0 Å². The first-order valence-electron chi connectivity index (χ1n) is 9.06.